The topological polar surface area (TPSA) is 54.9 Å². The van der Waals surface area contributed by atoms with Crippen molar-refractivity contribution in [2.75, 3.05) is 39.3 Å². The number of ether oxygens (including phenoxy) is 2. The van der Waals surface area contributed by atoms with Gasteiger partial charge in [-0.15, -0.1) is 11.3 Å². The van der Waals surface area contributed by atoms with Crippen LogP contribution in [0.25, 0.3) is 0 Å². The highest BCUT2D eigenvalue weighted by Gasteiger charge is 2.22. The van der Waals surface area contributed by atoms with E-state index in [1.165, 1.54) is 0 Å². The van der Waals surface area contributed by atoms with E-state index in [0.29, 0.717) is 42.6 Å². The van der Waals surface area contributed by atoms with E-state index in [-0.39, 0.29) is 5.91 Å². The first kappa shape index (κ1) is 22.6. The number of hydrogen-bond donors (Lipinski definition) is 0. The summed E-state index contributed by atoms with van der Waals surface area (Å²) in [5, 5.41) is 3.64. The first-order valence-corrected chi connectivity index (χ1v) is 11.9. The lowest BCUT2D eigenvalue weighted by Crippen LogP contribution is -2.49. The molecular weight excluding hydrogens is 446 g/mol. The molecular formula is C24H26ClN3O3S. The number of carbonyl (C=O) groups excluding carboxylic acids is 1. The van der Waals surface area contributed by atoms with Gasteiger partial charge in [-0.1, -0.05) is 23.7 Å². The van der Waals surface area contributed by atoms with E-state index < -0.39 is 0 Å². The molecule has 1 aliphatic rings. The minimum Gasteiger partial charge on any atom is -0.491 e. The number of hydrogen-bond acceptors (Lipinski definition) is 6. The summed E-state index contributed by atoms with van der Waals surface area (Å²) in [6.07, 6.45) is 0. The minimum absolute atomic E-state index is 0.0543. The summed E-state index contributed by atoms with van der Waals surface area (Å²) in [7, 11) is 0. The number of carbonyl (C=O) groups is 1. The van der Waals surface area contributed by atoms with Crippen LogP contribution in [0.2, 0.25) is 5.02 Å². The minimum atomic E-state index is 0.0543. The zero-order valence-electron chi connectivity index (χ0n) is 18.0. The number of piperazine rings is 1. The Kier molecular flexibility index (Phi) is 7.63. The summed E-state index contributed by atoms with van der Waals surface area (Å²) in [5.41, 5.74) is 1.60. The van der Waals surface area contributed by atoms with Gasteiger partial charge in [-0.2, -0.15) is 0 Å². The van der Waals surface area contributed by atoms with Crippen LogP contribution in [0.1, 0.15) is 21.1 Å². The molecule has 1 aromatic heterocycles. The molecule has 0 bridgehead atoms. The third-order valence-electron chi connectivity index (χ3n) is 5.32. The molecule has 4 rings (SSSR count). The maximum Gasteiger partial charge on any atom is 0.253 e. The number of aryl methyl sites for hydroxylation is 1. The Morgan fingerprint density at radius 3 is 2.50 bits per heavy atom. The Labute approximate surface area is 197 Å². The number of nitrogens with zero attached hydrogens (tertiary/aromatic N) is 3. The molecule has 8 heteroatoms. The van der Waals surface area contributed by atoms with Gasteiger partial charge < -0.3 is 14.4 Å². The molecule has 2 heterocycles. The quantitative estimate of drug-likeness (QED) is 0.483. The lowest BCUT2D eigenvalue weighted by atomic mass is 10.1. The van der Waals surface area contributed by atoms with Crippen LogP contribution in [0.5, 0.6) is 11.5 Å². The second kappa shape index (κ2) is 10.8. The van der Waals surface area contributed by atoms with Crippen LogP contribution in [-0.2, 0) is 6.61 Å². The van der Waals surface area contributed by atoms with Crippen molar-refractivity contribution in [3.8, 4) is 11.5 Å². The van der Waals surface area contributed by atoms with Gasteiger partial charge in [-0.05, 0) is 43.3 Å². The maximum atomic E-state index is 12.9. The molecule has 0 aliphatic carbocycles. The number of benzene rings is 2. The lowest BCUT2D eigenvalue weighted by molar-refractivity contribution is 0.0620. The molecule has 1 amide bonds. The number of aromatic nitrogens is 1. The van der Waals surface area contributed by atoms with Gasteiger partial charge in [0.2, 0.25) is 0 Å². The van der Waals surface area contributed by atoms with Gasteiger partial charge in [-0.25, -0.2) is 4.98 Å². The van der Waals surface area contributed by atoms with Crippen LogP contribution >= 0.6 is 22.9 Å². The molecule has 2 aromatic carbocycles. The standard InChI is InChI=1S/C24H26ClN3O3S/c1-18-26-20(17-32-18)16-31-21-8-6-19(7-9-21)24(29)28-12-10-27(11-13-28)14-15-30-23-5-3-2-4-22(23)25/h2-9,17H,10-16H2,1H3. The van der Waals surface area contributed by atoms with Crippen molar-refractivity contribution in [1.82, 2.24) is 14.8 Å². The molecule has 0 unspecified atom stereocenters. The van der Waals surface area contributed by atoms with Crippen molar-refractivity contribution < 1.29 is 14.3 Å². The van der Waals surface area contributed by atoms with Crippen molar-refractivity contribution in [3.63, 3.8) is 0 Å². The SMILES string of the molecule is Cc1nc(COc2ccc(C(=O)N3CCN(CCOc4ccccc4Cl)CC3)cc2)cs1. The number of rotatable bonds is 8. The zero-order valence-corrected chi connectivity index (χ0v) is 19.6. The van der Waals surface area contributed by atoms with Crippen LogP contribution in [0.3, 0.4) is 0 Å². The van der Waals surface area contributed by atoms with Gasteiger partial charge in [0.25, 0.3) is 5.91 Å². The number of para-hydroxylation sites is 1. The van der Waals surface area contributed by atoms with E-state index in [1.54, 1.807) is 11.3 Å². The van der Waals surface area contributed by atoms with Crippen molar-refractivity contribution in [1.29, 1.82) is 0 Å². The molecule has 1 fully saturated rings. The molecule has 1 saturated heterocycles. The van der Waals surface area contributed by atoms with Crippen molar-refractivity contribution in [2.24, 2.45) is 0 Å². The Balaban J connectivity index is 1.20. The summed E-state index contributed by atoms with van der Waals surface area (Å²) in [5.74, 6) is 1.49. The lowest BCUT2D eigenvalue weighted by Gasteiger charge is -2.34. The molecule has 0 N–H and O–H groups in total. The average Bonchev–Trinajstić information content (AvgIpc) is 3.24. The van der Waals surface area contributed by atoms with Crippen LogP contribution in [-0.4, -0.2) is 60.0 Å². The molecule has 168 valence electrons. The average molecular weight is 472 g/mol. The van der Waals surface area contributed by atoms with Crippen LogP contribution in [0.4, 0.5) is 0 Å². The fraction of sp³-hybridized carbons (Fsp3) is 0.333. The van der Waals surface area contributed by atoms with Gasteiger partial charge in [-0.3, -0.25) is 9.69 Å². The summed E-state index contributed by atoms with van der Waals surface area (Å²) in [6, 6.07) is 14.8. The Morgan fingerprint density at radius 1 is 1.06 bits per heavy atom. The van der Waals surface area contributed by atoms with E-state index in [4.69, 9.17) is 21.1 Å². The first-order chi connectivity index (χ1) is 15.6. The van der Waals surface area contributed by atoms with E-state index in [2.05, 4.69) is 9.88 Å². The molecule has 0 radical (unpaired) electrons. The highest BCUT2D eigenvalue weighted by molar-refractivity contribution is 7.09. The number of thiazole rings is 1. The van der Waals surface area contributed by atoms with Crippen molar-refractivity contribution >= 4 is 28.8 Å². The molecule has 0 spiro atoms. The maximum absolute atomic E-state index is 12.9. The van der Waals surface area contributed by atoms with Gasteiger partial charge in [0.1, 0.15) is 24.7 Å². The smallest absolute Gasteiger partial charge is 0.253 e. The zero-order chi connectivity index (χ0) is 22.3. The Bertz CT molecular complexity index is 1030. The van der Waals surface area contributed by atoms with E-state index in [0.717, 1.165) is 36.1 Å². The van der Waals surface area contributed by atoms with Crippen LogP contribution < -0.4 is 9.47 Å². The largest absolute Gasteiger partial charge is 0.491 e. The van der Waals surface area contributed by atoms with Crippen molar-refractivity contribution in [2.45, 2.75) is 13.5 Å². The monoisotopic (exact) mass is 471 g/mol. The van der Waals surface area contributed by atoms with Gasteiger partial charge in [0.15, 0.2) is 0 Å². The van der Waals surface area contributed by atoms with E-state index in [1.807, 2.05) is 65.7 Å². The molecule has 0 saturated carbocycles. The third-order valence-corrected chi connectivity index (χ3v) is 6.45. The fourth-order valence-corrected chi connectivity index (χ4v) is 4.32. The normalized spacial score (nSPS) is 14.4. The van der Waals surface area contributed by atoms with E-state index >= 15 is 0 Å². The number of halogens is 1. The van der Waals surface area contributed by atoms with E-state index in [9.17, 15) is 4.79 Å². The second-order valence-corrected chi connectivity index (χ2v) is 9.05. The summed E-state index contributed by atoms with van der Waals surface area (Å²) < 4.78 is 11.5. The summed E-state index contributed by atoms with van der Waals surface area (Å²) in [4.78, 5) is 21.5. The summed E-state index contributed by atoms with van der Waals surface area (Å²) in [6.45, 7) is 6.83. The predicted molar refractivity (Wildman–Crippen MR) is 127 cm³/mol. The predicted octanol–water partition coefficient (Wildman–Crippen LogP) is 4.52. The third kappa shape index (κ3) is 6.00. The van der Waals surface area contributed by atoms with Gasteiger partial charge in [0.05, 0.1) is 15.7 Å². The highest BCUT2D eigenvalue weighted by atomic mass is 35.5. The van der Waals surface area contributed by atoms with Crippen LogP contribution in [0.15, 0.2) is 53.9 Å². The van der Waals surface area contributed by atoms with Gasteiger partial charge in [0, 0.05) is 43.7 Å². The molecule has 0 atom stereocenters. The van der Waals surface area contributed by atoms with Gasteiger partial charge >= 0.3 is 0 Å². The van der Waals surface area contributed by atoms with Crippen LogP contribution in [0, 0.1) is 6.92 Å². The molecule has 1 aliphatic heterocycles. The summed E-state index contributed by atoms with van der Waals surface area (Å²) >= 11 is 7.73. The first-order valence-electron chi connectivity index (χ1n) is 10.6. The second-order valence-electron chi connectivity index (χ2n) is 7.58. The highest BCUT2D eigenvalue weighted by Crippen LogP contribution is 2.23. The molecule has 3 aromatic rings. The van der Waals surface area contributed by atoms with Crippen molar-refractivity contribution in [3.05, 3.63) is 75.2 Å². The fourth-order valence-electron chi connectivity index (χ4n) is 3.53. The Hall–Kier alpha value is -2.61. The Morgan fingerprint density at radius 2 is 1.81 bits per heavy atom. The molecule has 32 heavy (non-hydrogen) atoms. The number of amides is 1. The molecule has 6 nitrogen and oxygen atoms in total.